The van der Waals surface area contributed by atoms with Gasteiger partial charge in [-0.2, -0.15) is 0 Å². The molecule has 0 radical (unpaired) electrons. The molecule has 0 aliphatic heterocycles. The quantitative estimate of drug-likeness (QED) is 0.671. The Morgan fingerprint density at radius 1 is 1.37 bits per heavy atom. The first-order chi connectivity index (χ1) is 13.0. The normalized spacial score (nSPS) is 17.5. The molecule has 2 N–H and O–H groups in total. The molecule has 2 atom stereocenters. The Kier molecular flexibility index (Phi) is 4.91. The van der Waals surface area contributed by atoms with Crippen LogP contribution in [0.3, 0.4) is 0 Å². The van der Waals surface area contributed by atoms with Crippen LogP contribution < -0.4 is 15.6 Å². The summed E-state index contributed by atoms with van der Waals surface area (Å²) in [7, 11) is 0. The highest BCUT2D eigenvalue weighted by atomic mass is 32.1. The molecule has 2 aromatic heterocycles. The fourth-order valence-electron chi connectivity index (χ4n) is 3.70. The maximum atomic E-state index is 12.8. The molecule has 142 valence electrons. The molecule has 6 heteroatoms. The minimum absolute atomic E-state index is 0.0117. The van der Waals surface area contributed by atoms with Gasteiger partial charge in [0, 0.05) is 10.6 Å². The maximum absolute atomic E-state index is 12.8. The molecule has 0 bridgehead atoms. The summed E-state index contributed by atoms with van der Waals surface area (Å²) in [4.78, 5) is 22.7. The van der Waals surface area contributed by atoms with E-state index in [-0.39, 0.29) is 11.6 Å². The van der Waals surface area contributed by atoms with Gasteiger partial charge in [0.2, 0.25) is 0 Å². The summed E-state index contributed by atoms with van der Waals surface area (Å²) in [5.41, 5.74) is 2.18. The Morgan fingerprint density at radius 2 is 2.15 bits per heavy atom. The molecule has 1 aliphatic carbocycles. The molecule has 3 aromatic rings. The third kappa shape index (κ3) is 3.58. The molecule has 27 heavy (non-hydrogen) atoms. The second-order valence-electron chi connectivity index (χ2n) is 7.31. The highest BCUT2D eigenvalue weighted by Gasteiger charge is 2.23. The number of anilines is 1. The van der Waals surface area contributed by atoms with Crippen LogP contribution in [0.2, 0.25) is 0 Å². The number of aromatic nitrogens is 2. The van der Waals surface area contributed by atoms with Crippen molar-refractivity contribution in [2.45, 2.75) is 46.1 Å². The van der Waals surface area contributed by atoms with E-state index in [2.05, 4.69) is 17.2 Å². The highest BCUT2D eigenvalue weighted by molar-refractivity contribution is 7.18. The first-order valence-electron chi connectivity index (χ1n) is 9.59. The molecular formula is C21H25N3O2S. The first kappa shape index (κ1) is 18.0. The lowest BCUT2D eigenvalue weighted by Gasteiger charge is -2.17. The van der Waals surface area contributed by atoms with E-state index in [1.807, 2.05) is 38.1 Å². The van der Waals surface area contributed by atoms with Gasteiger partial charge in [0.1, 0.15) is 16.4 Å². The smallest absolute Gasteiger partial charge is 0.259 e. The van der Waals surface area contributed by atoms with Crippen molar-refractivity contribution >= 4 is 27.2 Å². The molecular weight excluding hydrogens is 358 g/mol. The molecule has 1 aromatic carbocycles. The molecule has 1 aliphatic rings. The van der Waals surface area contributed by atoms with E-state index in [1.54, 1.807) is 11.3 Å². The van der Waals surface area contributed by atoms with E-state index >= 15 is 0 Å². The van der Waals surface area contributed by atoms with Crippen LogP contribution in [0.4, 0.5) is 5.69 Å². The average molecular weight is 384 g/mol. The summed E-state index contributed by atoms with van der Waals surface area (Å²) < 4.78 is 5.48. The summed E-state index contributed by atoms with van der Waals surface area (Å²) in [6.45, 7) is 6.91. The molecule has 0 amide bonds. The predicted octanol–water partition coefficient (Wildman–Crippen LogP) is 4.68. The number of rotatable bonds is 5. The van der Waals surface area contributed by atoms with Gasteiger partial charge in [-0.1, -0.05) is 6.92 Å². The topological polar surface area (TPSA) is 67.0 Å². The van der Waals surface area contributed by atoms with Crippen LogP contribution in [0.15, 0.2) is 29.1 Å². The van der Waals surface area contributed by atoms with Gasteiger partial charge in [0.05, 0.1) is 18.0 Å². The summed E-state index contributed by atoms with van der Waals surface area (Å²) in [6.07, 6.45) is 3.20. The van der Waals surface area contributed by atoms with Crippen LogP contribution in [0.1, 0.15) is 49.5 Å². The number of hydrogen-bond donors (Lipinski definition) is 2. The molecule has 0 spiro atoms. The molecule has 5 nitrogen and oxygen atoms in total. The highest BCUT2D eigenvalue weighted by Crippen LogP contribution is 2.36. The van der Waals surface area contributed by atoms with Gasteiger partial charge >= 0.3 is 0 Å². The number of H-pyrrole nitrogens is 1. The van der Waals surface area contributed by atoms with Gasteiger partial charge in [0.15, 0.2) is 0 Å². The van der Waals surface area contributed by atoms with Gasteiger partial charge in [-0.15, -0.1) is 11.3 Å². The van der Waals surface area contributed by atoms with Gasteiger partial charge in [-0.3, -0.25) is 4.79 Å². The van der Waals surface area contributed by atoms with Crippen molar-refractivity contribution in [3.63, 3.8) is 0 Å². The predicted molar refractivity (Wildman–Crippen MR) is 111 cm³/mol. The van der Waals surface area contributed by atoms with E-state index in [1.165, 1.54) is 10.4 Å². The number of hydrogen-bond acceptors (Lipinski definition) is 5. The third-order valence-electron chi connectivity index (χ3n) is 5.14. The van der Waals surface area contributed by atoms with Crippen LogP contribution in [0.25, 0.3) is 10.2 Å². The maximum Gasteiger partial charge on any atom is 0.259 e. The number of aromatic amines is 1. The number of aryl methyl sites for hydroxylation is 1. The van der Waals surface area contributed by atoms with Crippen LogP contribution in [-0.2, 0) is 12.8 Å². The summed E-state index contributed by atoms with van der Waals surface area (Å²) in [5.74, 6) is 2.21. The summed E-state index contributed by atoms with van der Waals surface area (Å²) in [6, 6.07) is 7.73. The van der Waals surface area contributed by atoms with Gasteiger partial charge in [-0.25, -0.2) is 4.98 Å². The van der Waals surface area contributed by atoms with E-state index in [0.29, 0.717) is 18.3 Å². The summed E-state index contributed by atoms with van der Waals surface area (Å²) in [5, 5.41) is 4.21. The second kappa shape index (κ2) is 7.35. The number of ether oxygens (including phenoxy) is 1. The largest absolute Gasteiger partial charge is 0.494 e. The van der Waals surface area contributed by atoms with Crippen LogP contribution >= 0.6 is 11.3 Å². The van der Waals surface area contributed by atoms with Crippen LogP contribution in [0.5, 0.6) is 5.75 Å². The fraction of sp³-hybridized carbons (Fsp3) is 0.429. The monoisotopic (exact) mass is 383 g/mol. The van der Waals surface area contributed by atoms with Crippen molar-refractivity contribution in [3.8, 4) is 5.75 Å². The Bertz CT molecular complexity index is 1010. The van der Waals surface area contributed by atoms with Crippen molar-refractivity contribution in [2.75, 3.05) is 11.9 Å². The van der Waals surface area contributed by atoms with E-state index in [9.17, 15) is 4.79 Å². The number of thiophene rings is 1. The van der Waals surface area contributed by atoms with Crippen molar-refractivity contribution in [1.82, 2.24) is 9.97 Å². The minimum Gasteiger partial charge on any atom is -0.494 e. The lowest BCUT2D eigenvalue weighted by molar-refractivity contribution is 0.340. The van der Waals surface area contributed by atoms with Crippen molar-refractivity contribution < 1.29 is 4.74 Å². The van der Waals surface area contributed by atoms with Crippen molar-refractivity contribution in [1.29, 1.82) is 0 Å². The van der Waals surface area contributed by atoms with E-state index in [4.69, 9.17) is 9.72 Å². The Morgan fingerprint density at radius 3 is 2.89 bits per heavy atom. The van der Waals surface area contributed by atoms with E-state index < -0.39 is 0 Å². The SMILES string of the molecule is CCOc1ccc(N[C@H](C)c2nc3sc4c(c3c(=O)[nH]2)CC[C@H](C)C4)cc1. The number of nitrogens with zero attached hydrogens (tertiary/aromatic N) is 1. The standard InChI is InChI=1S/C21H25N3O2S/c1-4-26-15-8-6-14(7-9-15)22-13(3)19-23-20(25)18-16-10-5-12(2)11-17(16)27-21(18)24-19/h6-9,12-13,22H,4-5,10-11H2,1-3H3,(H,23,24,25)/t12-,13+/m0/s1. The first-order valence-corrected chi connectivity index (χ1v) is 10.4. The van der Waals surface area contributed by atoms with Crippen LogP contribution in [-0.4, -0.2) is 16.6 Å². The van der Waals surface area contributed by atoms with Gasteiger partial charge in [-0.05, 0) is 68.9 Å². The zero-order chi connectivity index (χ0) is 19.0. The van der Waals surface area contributed by atoms with E-state index in [0.717, 1.165) is 40.9 Å². The molecule has 2 heterocycles. The molecule has 0 unspecified atom stereocenters. The Balaban J connectivity index is 1.60. The fourth-order valence-corrected chi connectivity index (χ4v) is 5.09. The average Bonchev–Trinajstić information content (AvgIpc) is 3.01. The molecule has 0 fully saturated rings. The number of nitrogens with one attached hydrogen (secondary N) is 2. The Labute approximate surface area is 162 Å². The summed E-state index contributed by atoms with van der Waals surface area (Å²) >= 11 is 1.69. The zero-order valence-corrected chi connectivity index (χ0v) is 16.8. The Hall–Kier alpha value is -2.34. The second-order valence-corrected chi connectivity index (χ2v) is 8.39. The van der Waals surface area contributed by atoms with Gasteiger partial charge < -0.3 is 15.0 Å². The van der Waals surface area contributed by atoms with Gasteiger partial charge in [0.25, 0.3) is 5.56 Å². The number of fused-ring (bicyclic) bond motifs is 3. The minimum atomic E-state index is -0.0990. The van der Waals surface area contributed by atoms with Crippen molar-refractivity contribution in [3.05, 3.63) is 50.9 Å². The lowest BCUT2D eigenvalue weighted by atomic mass is 9.89. The zero-order valence-electron chi connectivity index (χ0n) is 16.0. The molecule has 0 saturated heterocycles. The van der Waals surface area contributed by atoms with Crippen molar-refractivity contribution in [2.24, 2.45) is 5.92 Å². The number of benzene rings is 1. The molecule has 4 rings (SSSR count). The van der Waals surface area contributed by atoms with Crippen LogP contribution in [0, 0.1) is 5.92 Å². The molecule has 0 saturated carbocycles. The third-order valence-corrected chi connectivity index (χ3v) is 6.29. The lowest BCUT2D eigenvalue weighted by Crippen LogP contribution is -2.18.